The Morgan fingerprint density at radius 2 is 1.38 bits per heavy atom. The molecule has 0 N–H and O–H groups in total. The smallest absolute Gasteiger partial charge is 0.119 e. The molecule has 0 heterocycles. The van der Waals surface area contributed by atoms with Gasteiger partial charge in [0.05, 0.1) is 18.0 Å². The second kappa shape index (κ2) is 9.56. The van der Waals surface area contributed by atoms with Crippen LogP contribution in [0.1, 0.15) is 50.3 Å². The summed E-state index contributed by atoms with van der Waals surface area (Å²) in [5.41, 5.74) is 5.56. The highest BCUT2D eigenvalue weighted by atomic mass is 16.5. The van der Waals surface area contributed by atoms with Gasteiger partial charge in [0.25, 0.3) is 0 Å². The average molecular weight is 386 g/mol. The maximum atomic E-state index is 6.08. The number of benzene rings is 3. The van der Waals surface area contributed by atoms with Crippen molar-refractivity contribution in [3.05, 3.63) is 95.6 Å². The number of hydrogen-bond acceptors (Lipinski definition) is 2. The van der Waals surface area contributed by atoms with E-state index in [1.807, 2.05) is 18.2 Å². The van der Waals surface area contributed by atoms with Crippen LogP contribution in [-0.4, -0.2) is 12.3 Å². The summed E-state index contributed by atoms with van der Waals surface area (Å²) >= 11 is 0. The van der Waals surface area contributed by atoms with Gasteiger partial charge in [-0.15, -0.1) is 0 Å². The molecule has 0 aliphatic rings. The quantitative estimate of drug-likeness (QED) is 0.371. The van der Waals surface area contributed by atoms with Crippen LogP contribution in [0.15, 0.2) is 83.9 Å². The second-order valence-corrected chi connectivity index (χ2v) is 7.99. The van der Waals surface area contributed by atoms with Gasteiger partial charge in [-0.2, -0.15) is 0 Å². The topological polar surface area (TPSA) is 21.6 Å². The molecule has 3 aromatic rings. The van der Waals surface area contributed by atoms with Crippen LogP contribution in [0.5, 0.6) is 5.75 Å². The molecule has 0 saturated carbocycles. The van der Waals surface area contributed by atoms with Crippen molar-refractivity contribution in [2.45, 2.75) is 40.5 Å². The molecule has 0 fully saturated rings. The minimum absolute atomic E-state index is 0.223. The highest BCUT2D eigenvalue weighted by molar-refractivity contribution is 6.14. The van der Waals surface area contributed by atoms with Crippen LogP contribution < -0.4 is 4.74 Å². The van der Waals surface area contributed by atoms with Crippen molar-refractivity contribution in [2.24, 2.45) is 10.4 Å². The van der Waals surface area contributed by atoms with Crippen molar-refractivity contribution in [1.29, 1.82) is 0 Å². The van der Waals surface area contributed by atoms with Gasteiger partial charge in [0.15, 0.2) is 0 Å². The van der Waals surface area contributed by atoms with Gasteiger partial charge in [0.1, 0.15) is 5.75 Å². The average Bonchev–Trinajstić information content (AvgIpc) is 2.78. The zero-order chi connectivity index (χ0) is 20.7. The molecule has 0 aliphatic carbocycles. The summed E-state index contributed by atoms with van der Waals surface area (Å²) in [5, 5.41) is 0. The first-order chi connectivity index (χ1) is 14.0. The van der Waals surface area contributed by atoms with Gasteiger partial charge < -0.3 is 4.74 Å². The van der Waals surface area contributed by atoms with Crippen molar-refractivity contribution in [3.63, 3.8) is 0 Å². The minimum atomic E-state index is 0.223. The lowest BCUT2D eigenvalue weighted by Crippen LogP contribution is -2.23. The van der Waals surface area contributed by atoms with E-state index in [1.54, 1.807) is 0 Å². The first kappa shape index (κ1) is 20.9. The molecule has 2 nitrogen and oxygen atoms in total. The largest absolute Gasteiger partial charge is 0.493 e. The lowest BCUT2D eigenvalue weighted by Gasteiger charge is -2.26. The normalized spacial score (nSPS) is 12.1. The van der Waals surface area contributed by atoms with Crippen LogP contribution in [0, 0.1) is 12.3 Å². The molecule has 2 heteroatoms. The molecule has 0 aromatic heterocycles. The highest BCUT2D eigenvalue weighted by Gasteiger charge is 2.20. The van der Waals surface area contributed by atoms with Crippen LogP contribution in [0.4, 0.5) is 5.69 Å². The third-order valence-electron chi connectivity index (χ3n) is 5.74. The lowest BCUT2D eigenvalue weighted by atomic mass is 9.86. The van der Waals surface area contributed by atoms with Gasteiger partial charge in [0, 0.05) is 16.5 Å². The maximum absolute atomic E-state index is 6.08. The van der Waals surface area contributed by atoms with Crippen LogP contribution in [0.3, 0.4) is 0 Å². The van der Waals surface area contributed by atoms with E-state index in [0.29, 0.717) is 0 Å². The van der Waals surface area contributed by atoms with E-state index >= 15 is 0 Å². The summed E-state index contributed by atoms with van der Waals surface area (Å²) in [6.07, 6.45) is 2.23. The summed E-state index contributed by atoms with van der Waals surface area (Å²) < 4.78 is 6.08. The molecular weight excluding hydrogens is 354 g/mol. The second-order valence-electron chi connectivity index (χ2n) is 7.99. The Labute approximate surface area is 175 Å². The molecule has 29 heavy (non-hydrogen) atoms. The Bertz CT molecular complexity index is 921. The molecule has 0 radical (unpaired) electrons. The van der Waals surface area contributed by atoms with Gasteiger partial charge in [0.2, 0.25) is 0 Å². The number of aliphatic imine (C=N–C) groups is 1. The molecule has 150 valence electrons. The Kier molecular flexibility index (Phi) is 6.87. The summed E-state index contributed by atoms with van der Waals surface area (Å²) in [4.78, 5) is 4.96. The predicted octanol–water partition coefficient (Wildman–Crippen LogP) is 7.37. The fourth-order valence-corrected chi connectivity index (χ4v) is 3.06. The van der Waals surface area contributed by atoms with E-state index in [1.165, 1.54) is 5.56 Å². The first-order valence-electron chi connectivity index (χ1n) is 10.5. The van der Waals surface area contributed by atoms with Crippen molar-refractivity contribution < 1.29 is 4.74 Å². The van der Waals surface area contributed by atoms with Crippen molar-refractivity contribution in [2.75, 3.05) is 6.61 Å². The van der Waals surface area contributed by atoms with Crippen LogP contribution >= 0.6 is 0 Å². The maximum Gasteiger partial charge on any atom is 0.119 e. The summed E-state index contributed by atoms with van der Waals surface area (Å²) in [6.45, 7) is 9.56. The third kappa shape index (κ3) is 5.57. The molecule has 0 atom stereocenters. The number of rotatable bonds is 8. The SMILES string of the molecule is CCC(C)(CC)COc1ccc(C(=Nc2ccc(C)cc2)c2ccccc2)cc1. The van der Waals surface area contributed by atoms with Crippen molar-refractivity contribution >= 4 is 11.4 Å². The minimum Gasteiger partial charge on any atom is -0.493 e. The van der Waals surface area contributed by atoms with E-state index in [9.17, 15) is 0 Å². The molecule has 0 amide bonds. The van der Waals surface area contributed by atoms with Crippen LogP contribution in [0.25, 0.3) is 0 Å². The van der Waals surface area contributed by atoms with Crippen LogP contribution in [0.2, 0.25) is 0 Å². The first-order valence-corrected chi connectivity index (χ1v) is 10.5. The summed E-state index contributed by atoms with van der Waals surface area (Å²) in [5.74, 6) is 0.907. The van der Waals surface area contributed by atoms with E-state index in [-0.39, 0.29) is 5.41 Å². The number of nitrogens with zero attached hydrogens (tertiary/aromatic N) is 1. The molecule has 3 aromatic carbocycles. The molecule has 3 rings (SSSR count). The number of ether oxygens (including phenoxy) is 1. The Morgan fingerprint density at radius 1 is 0.793 bits per heavy atom. The summed E-state index contributed by atoms with van der Waals surface area (Å²) in [6, 6.07) is 26.9. The lowest BCUT2D eigenvalue weighted by molar-refractivity contribution is 0.152. The monoisotopic (exact) mass is 385 g/mol. The Morgan fingerprint density at radius 3 is 1.97 bits per heavy atom. The standard InChI is InChI=1S/C27H31NO/c1-5-27(4,6-2)20-29-25-18-14-23(15-19-25)26(22-10-8-7-9-11-22)28-24-16-12-21(3)13-17-24/h7-19H,5-6,20H2,1-4H3. The Balaban J connectivity index is 1.88. The van der Waals surface area contributed by atoms with E-state index in [2.05, 4.69) is 88.4 Å². The van der Waals surface area contributed by atoms with Crippen molar-refractivity contribution in [1.82, 2.24) is 0 Å². The molecule has 0 aliphatic heterocycles. The zero-order valence-corrected chi connectivity index (χ0v) is 18.0. The zero-order valence-electron chi connectivity index (χ0n) is 18.0. The van der Waals surface area contributed by atoms with Gasteiger partial charge in [-0.25, -0.2) is 4.99 Å². The van der Waals surface area contributed by atoms with E-state index in [0.717, 1.165) is 47.7 Å². The fraction of sp³-hybridized carbons (Fsp3) is 0.296. The predicted molar refractivity (Wildman–Crippen MR) is 124 cm³/mol. The molecule has 0 saturated heterocycles. The molecule has 0 unspecified atom stereocenters. The number of hydrogen-bond donors (Lipinski definition) is 0. The van der Waals surface area contributed by atoms with E-state index in [4.69, 9.17) is 9.73 Å². The van der Waals surface area contributed by atoms with Gasteiger partial charge in [-0.1, -0.05) is 68.8 Å². The number of aryl methyl sites for hydroxylation is 1. The molecule has 0 spiro atoms. The molecular formula is C27H31NO. The third-order valence-corrected chi connectivity index (χ3v) is 5.74. The van der Waals surface area contributed by atoms with E-state index < -0.39 is 0 Å². The summed E-state index contributed by atoms with van der Waals surface area (Å²) in [7, 11) is 0. The van der Waals surface area contributed by atoms with Gasteiger partial charge in [-0.3, -0.25) is 0 Å². The fourth-order valence-electron chi connectivity index (χ4n) is 3.06. The van der Waals surface area contributed by atoms with Gasteiger partial charge in [-0.05, 0) is 56.2 Å². The highest BCUT2D eigenvalue weighted by Crippen LogP contribution is 2.27. The Hall–Kier alpha value is -2.87. The molecule has 0 bridgehead atoms. The van der Waals surface area contributed by atoms with Crippen molar-refractivity contribution in [3.8, 4) is 5.75 Å². The van der Waals surface area contributed by atoms with Crippen LogP contribution in [-0.2, 0) is 0 Å². The van der Waals surface area contributed by atoms with Gasteiger partial charge >= 0.3 is 0 Å².